The smallest absolute Gasteiger partial charge is 0.0379 e. The van der Waals surface area contributed by atoms with Crippen molar-refractivity contribution in [2.24, 2.45) is 0 Å². The highest BCUT2D eigenvalue weighted by Crippen LogP contribution is 2.38. The second kappa shape index (κ2) is 4.71. The summed E-state index contributed by atoms with van der Waals surface area (Å²) in [5.74, 6) is 0. The topological polar surface area (TPSA) is 24.1 Å². The zero-order chi connectivity index (χ0) is 11.4. The van der Waals surface area contributed by atoms with E-state index in [1.165, 1.54) is 11.3 Å². The Balaban J connectivity index is 2.42. The van der Waals surface area contributed by atoms with Gasteiger partial charge in [0.2, 0.25) is 0 Å². The van der Waals surface area contributed by atoms with E-state index in [-0.39, 0.29) is 5.41 Å². The molecule has 2 heteroatoms. The lowest BCUT2D eigenvalue weighted by atomic mass is 9.72. The first-order chi connectivity index (χ1) is 7.82. The van der Waals surface area contributed by atoms with Crippen LogP contribution < -0.4 is 10.6 Å². The van der Waals surface area contributed by atoms with Gasteiger partial charge in [-0.2, -0.15) is 0 Å². The van der Waals surface area contributed by atoms with Gasteiger partial charge in [0, 0.05) is 18.2 Å². The van der Waals surface area contributed by atoms with Crippen LogP contribution in [0.4, 0.5) is 5.69 Å². The van der Waals surface area contributed by atoms with Crippen molar-refractivity contribution in [2.45, 2.75) is 18.3 Å². The van der Waals surface area contributed by atoms with Crippen LogP contribution in [-0.2, 0) is 5.41 Å². The molecule has 2 N–H and O–H groups in total. The lowest BCUT2D eigenvalue weighted by molar-refractivity contribution is 0.375. The minimum Gasteiger partial charge on any atom is -0.388 e. The molecule has 0 aromatic heterocycles. The Morgan fingerprint density at radius 1 is 1.31 bits per heavy atom. The Bertz CT molecular complexity index is 365. The van der Waals surface area contributed by atoms with Gasteiger partial charge >= 0.3 is 0 Å². The van der Waals surface area contributed by atoms with Crippen molar-refractivity contribution >= 4 is 5.69 Å². The van der Waals surface area contributed by atoms with E-state index in [1.54, 1.807) is 0 Å². The Morgan fingerprint density at radius 2 is 2.00 bits per heavy atom. The standard InChI is InChI=1S/C14H20N2/c1-3-14(8-10-16-11-9-14)12-6-4-5-7-13(12)15-2/h3-7,15-16H,1,8-11H2,2H3. The van der Waals surface area contributed by atoms with Gasteiger partial charge in [-0.1, -0.05) is 24.3 Å². The summed E-state index contributed by atoms with van der Waals surface area (Å²) in [6.07, 6.45) is 4.40. The fraction of sp³-hybridized carbons (Fsp3) is 0.429. The molecule has 0 amide bonds. The molecule has 16 heavy (non-hydrogen) atoms. The van der Waals surface area contributed by atoms with E-state index >= 15 is 0 Å². The van der Waals surface area contributed by atoms with Crippen LogP contribution in [0.2, 0.25) is 0 Å². The van der Waals surface area contributed by atoms with Crippen LogP contribution in [0.3, 0.4) is 0 Å². The van der Waals surface area contributed by atoms with Gasteiger partial charge in [0.25, 0.3) is 0 Å². The number of rotatable bonds is 3. The van der Waals surface area contributed by atoms with E-state index in [9.17, 15) is 0 Å². The highest BCUT2D eigenvalue weighted by Gasteiger charge is 2.32. The maximum atomic E-state index is 4.05. The van der Waals surface area contributed by atoms with Gasteiger partial charge in [-0.15, -0.1) is 6.58 Å². The van der Waals surface area contributed by atoms with E-state index in [2.05, 4.69) is 47.6 Å². The Kier molecular flexibility index (Phi) is 3.30. The number of anilines is 1. The largest absolute Gasteiger partial charge is 0.388 e. The number of piperidine rings is 1. The van der Waals surface area contributed by atoms with Crippen LogP contribution in [0.15, 0.2) is 36.9 Å². The Morgan fingerprint density at radius 3 is 2.62 bits per heavy atom. The summed E-state index contributed by atoms with van der Waals surface area (Å²) in [4.78, 5) is 0. The van der Waals surface area contributed by atoms with Crippen LogP contribution >= 0.6 is 0 Å². The first-order valence-electron chi connectivity index (χ1n) is 5.94. The molecule has 0 bridgehead atoms. The maximum absolute atomic E-state index is 4.05. The summed E-state index contributed by atoms with van der Waals surface area (Å²) in [5.41, 5.74) is 2.75. The summed E-state index contributed by atoms with van der Waals surface area (Å²) < 4.78 is 0. The monoisotopic (exact) mass is 216 g/mol. The molecule has 0 aliphatic carbocycles. The summed E-state index contributed by atoms with van der Waals surface area (Å²) in [6.45, 7) is 6.20. The quantitative estimate of drug-likeness (QED) is 0.759. The SMILES string of the molecule is C=CC1(c2ccccc2NC)CCNCC1. The first kappa shape index (κ1) is 11.2. The zero-order valence-corrected chi connectivity index (χ0v) is 9.92. The zero-order valence-electron chi connectivity index (χ0n) is 9.92. The van der Waals surface area contributed by atoms with Crippen LogP contribution in [0.5, 0.6) is 0 Å². The van der Waals surface area contributed by atoms with Crippen LogP contribution in [0, 0.1) is 0 Å². The minimum absolute atomic E-state index is 0.144. The predicted octanol–water partition coefficient (Wildman–Crippen LogP) is 2.54. The van der Waals surface area contributed by atoms with Gasteiger partial charge in [-0.25, -0.2) is 0 Å². The van der Waals surface area contributed by atoms with E-state index in [0.29, 0.717) is 0 Å². The molecule has 1 aliphatic heterocycles. The normalized spacial score (nSPS) is 19.1. The molecule has 86 valence electrons. The Hall–Kier alpha value is -1.28. The molecule has 0 unspecified atom stereocenters. The lowest BCUT2D eigenvalue weighted by Crippen LogP contribution is -2.38. The fourth-order valence-corrected chi connectivity index (χ4v) is 2.59. The summed E-state index contributed by atoms with van der Waals surface area (Å²) >= 11 is 0. The third kappa shape index (κ3) is 1.85. The second-order valence-corrected chi connectivity index (χ2v) is 4.41. The molecule has 1 heterocycles. The van der Waals surface area contributed by atoms with Gasteiger partial charge in [0.05, 0.1) is 0 Å². The molecular weight excluding hydrogens is 196 g/mol. The molecule has 1 aliphatic rings. The number of benzene rings is 1. The van der Waals surface area contributed by atoms with Crippen LogP contribution in [0.1, 0.15) is 18.4 Å². The number of hydrogen-bond acceptors (Lipinski definition) is 2. The number of hydrogen-bond donors (Lipinski definition) is 2. The van der Waals surface area contributed by atoms with Gasteiger partial charge in [0.1, 0.15) is 0 Å². The van der Waals surface area contributed by atoms with Crippen LogP contribution in [0.25, 0.3) is 0 Å². The molecule has 0 radical (unpaired) electrons. The van der Waals surface area contributed by atoms with Crippen molar-refractivity contribution in [2.75, 3.05) is 25.5 Å². The van der Waals surface area contributed by atoms with Crippen molar-refractivity contribution in [1.29, 1.82) is 0 Å². The molecule has 2 rings (SSSR count). The van der Waals surface area contributed by atoms with Gasteiger partial charge in [-0.3, -0.25) is 0 Å². The molecule has 0 saturated carbocycles. The highest BCUT2D eigenvalue weighted by atomic mass is 14.9. The molecule has 2 nitrogen and oxygen atoms in total. The van der Waals surface area contributed by atoms with Crippen molar-refractivity contribution in [1.82, 2.24) is 5.32 Å². The average Bonchev–Trinajstić information content (AvgIpc) is 2.39. The number of allylic oxidation sites excluding steroid dienone is 1. The molecular formula is C14H20N2. The van der Waals surface area contributed by atoms with Gasteiger partial charge in [-0.05, 0) is 37.6 Å². The van der Waals surface area contributed by atoms with Crippen molar-refractivity contribution < 1.29 is 0 Å². The first-order valence-corrected chi connectivity index (χ1v) is 5.94. The summed E-state index contributed by atoms with van der Waals surface area (Å²) in [6, 6.07) is 8.55. The fourth-order valence-electron chi connectivity index (χ4n) is 2.59. The third-order valence-corrected chi connectivity index (χ3v) is 3.62. The van der Waals surface area contributed by atoms with E-state index < -0.39 is 0 Å². The van der Waals surface area contributed by atoms with Crippen molar-refractivity contribution in [3.8, 4) is 0 Å². The molecule has 0 spiro atoms. The molecule has 1 fully saturated rings. The van der Waals surface area contributed by atoms with Crippen molar-refractivity contribution in [3.05, 3.63) is 42.5 Å². The summed E-state index contributed by atoms with van der Waals surface area (Å²) in [5, 5.41) is 6.70. The van der Waals surface area contributed by atoms with Gasteiger partial charge in [0.15, 0.2) is 0 Å². The second-order valence-electron chi connectivity index (χ2n) is 4.41. The third-order valence-electron chi connectivity index (χ3n) is 3.62. The highest BCUT2D eigenvalue weighted by molar-refractivity contribution is 5.56. The van der Waals surface area contributed by atoms with E-state index in [4.69, 9.17) is 0 Å². The number of nitrogens with one attached hydrogen (secondary N) is 2. The van der Waals surface area contributed by atoms with Gasteiger partial charge < -0.3 is 10.6 Å². The van der Waals surface area contributed by atoms with E-state index in [1.807, 2.05) is 7.05 Å². The summed E-state index contributed by atoms with van der Waals surface area (Å²) in [7, 11) is 1.98. The average molecular weight is 216 g/mol. The maximum Gasteiger partial charge on any atom is 0.0379 e. The molecule has 1 saturated heterocycles. The molecule has 1 aromatic rings. The molecule has 0 atom stereocenters. The predicted molar refractivity (Wildman–Crippen MR) is 70.0 cm³/mol. The van der Waals surface area contributed by atoms with E-state index in [0.717, 1.165) is 25.9 Å². The number of para-hydroxylation sites is 1. The molecule has 1 aromatic carbocycles. The Labute approximate surface area is 97.8 Å². The lowest BCUT2D eigenvalue weighted by Gasteiger charge is -2.36. The van der Waals surface area contributed by atoms with Crippen LogP contribution in [-0.4, -0.2) is 20.1 Å². The van der Waals surface area contributed by atoms with Crippen molar-refractivity contribution in [3.63, 3.8) is 0 Å². The minimum atomic E-state index is 0.144.